The Morgan fingerprint density at radius 2 is 1.82 bits per heavy atom. The Labute approximate surface area is 69.9 Å². The Hall–Kier alpha value is -0.530. The van der Waals surface area contributed by atoms with Crippen molar-refractivity contribution in [2.75, 3.05) is 6.61 Å². The molecule has 0 atom stereocenters. The molecule has 0 aliphatic carbocycles. The molecule has 0 unspecified atom stereocenters. The molecule has 0 fully saturated rings. The Balaban J connectivity index is 0. The van der Waals surface area contributed by atoms with Gasteiger partial charge in [0.15, 0.2) is 0 Å². The molecule has 0 saturated carbocycles. The van der Waals surface area contributed by atoms with Gasteiger partial charge in [0.05, 0.1) is 13.0 Å². The first-order chi connectivity index (χ1) is 4.45. The van der Waals surface area contributed by atoms with E-state index in [-0.39, 0.29) is 18.8 Å². The van der Waals surface area contributed by atoms with Crippen LogP contribution in [-0.4, -0.2) is 12.6 Å². The van der Waals surface area contributed by atoms with Crippen molar-refractivity contribution >= 4 is 5.97 Å². The van der Waals surface area contributed by atoms with Gasteiger partial charge >= 0.3 is 5.97 Å². The number of hydrogen-bond donors (Lipinski definition) is 0. The van der Waals surface area contributed by atoms with E-state index in [0.29, 0.717) is 13.0 Å². The van der Waals surface area contributed by atoms with Crippen LogP contribution in [0.1, 0.15) is 41.5 Å². The van der Waals surface area contributed by atoms with E-state index in [0.717, 1.165) is 0 Å². The van der Waals surface area contributed by atoms with Gasteiger partial charge in [0.2, 0.25) is 0 Å². The predicted octanol–water partition coefficient (Wildman–Crippen LogP) is 2.62. The highest BCUT2D eigenvalue weighted by Gasteiger charge is 2.15. The molecule has 0 saturated heterocycles. The maximum atomic E-state index is 10.8. The second-order valence-electron chi connectivity index (χ2n) is 3.54. The summed E-state index contributed by atoms with van der Waals surface area (Å²) < 4.78 is 4.78. The summed E-state index contributed by atoms with van der Waals surface area (Å²) >= 11 is 0. The third kappa shape index (κ3) is 9.47. The lowest BCUT2D eigenvalue weighted by molar-refractivity contribution is -0.145. The number of carbonyl (C=O) groups excluding carboxylic acids is 1. The van der Waals surface area contributed by atoms with E-state index < -0.39 is 0 Å². The van der Waals surface area contributed by atoms with E-state index in [1.165, 1.54) is 0 Å². The molecule has 0 bridgehead atoms. The van der Waals surface area contributed by atoms with Gasteiger partial charge < -0.3 is 4.74 Å². The molecule has 0 aliphatic rings. The van der Waals surface area contributed by atoms with Gasteiger partial charge in [0, 0.05) is 0 Å². The molecule has 2 heteroatoms. The van der Waals surface area contributed by atoms with Gasteiger partial charge in [-0.1, -0.05) is 28.2 Å². The van der Waals surface area contributed by atoms with E-state index in [2.05, 4.69) is 0 Å². The molecule has 0 aromatic carbocycles. The van der Waals surface area contributed by atoms with Crippen molar-refractivity contribution in [3.05, 3.63) is 0 Å². The molecule has 0 radical (unpaired) electrons. The summed E-state index contributed by atoms with van der Waals surface area (Å²) in [6.07, 6.45) is 0.501. The second kappa shape index (κ2) is 5.16. The minimum Gasteiger partial charge on any atom is -0.466 e. The summed E-state index contributed by atoms with van der Waals surface area (Å²) in [6, 6.07) is 0. The molecule has 0 rings (SSSR count). The first-order valence-corrected chi connectivity index (χ1v) is 3.61. The zero-order valence-corrected chi connectivity index (χ0v) is 7.23. The zero-order valence-electron chi connectivity index (χ0n) is 7.23. The van der Waals surface area contributed by atoms with Crippen LogP contribution in [0.5, 0.6) is 0 Å². The molecule has 0 N–H and O–H groups in total. The summed E-state index contributed by atoms with van der Waals surface area (Å²) in [7, 11) is 0. The lowest BCUT2D eigenvalue weighted by Gasteiger charge is -2.15. The van der Waals surface area contributed by atoms with E-state index in [1.807, 2.05) is 27.7 Å². The first-order valence-electron chi connectivity index (χ1n) is 3.61. The van der Waals surface area contributed by atoms with E-state index in [9.17, 15) is 4.79 Å². The maximum absolute atomic E-state index is 10.8. The summed E-state index contributed by atoms with van der Waals surface area (Å²) in [5.74, 6) is -0.102. The highest BCUT2D eigenvalue weighted by Crippen LogP contribution is 2.18. The van der Waals surface area contributed by atoms with Crippen molar-refractivity contribution < 1.29 is 9.53 Å². The summed E-state index contributed by atoms with van der Waals surface area (Å²) in [4.78, 5) is 10.8. The quantitative estimate of drug-likeness (QED) is 0.580. The topological polar surface area (TPSA) is 26.3 Å². The second-order valence-corrected chi connectivity index (χ2v) is 3.54. The monoisotopic (exact) mass is 160 g/mol. The van der Waals surface area contributed by atoms with Crippen LogP contribution in [-0.2, 0) is 9.53 Å². The van der Waals surface area contributed by atoms with Crippen molar-refractivity contribution in [1.82, 2.24) is 0 Å². The van der Waals surface area contributed by atoms with Crippen LogP contribution in [0.25, 0.3) is 0 Å². The fourth-order valence-corrected chi connectivity index (χ4v) is 0.645. The standard InChI is InChI=1S/C8H16O2.CH4/c1-5-10-7(9)6-8(2,3)4;/h5-6H2,1-4H3;1H4. The van der Waals surface area contributed by atoms with Crippen LogP contribution in [0.2, 0.25) is 0 Å². The molecule has 68 valence electrons. The number of hydrogen-bond acceptors (Lipinski definition) is 2. The molecule has 0 amide bonds. The molecule has 0 aliphatic heterocycles. The third-order valence-electron chi connectivity index (χ3n) is 0.980. The Kier molecular flexibility index (Phi) is 6.14. The number of carbonyl (C=O) groups is 1. The van der Waals surface area contributed by atoms with Crippen LogP contribution in [0, 0.1) is 5.41 Å². The Morgan fingerprint density at radius 3 is 2.09 bits per heavy atom. The van der Waals surface area contributed by atoms with Crippen molar-refractivity contribution in [2.45, 2.75) is 41.5 Å². The van der Waals surface area contributed by atoms with Gasteiger partial charge in [0.25, 0.3) is 0 Å². The van der Waals surface area contributed by atoms with Crippen molar-refractivity contribution in [3.63, 3.8) is 0 Å². The summed E-state index contributed by atoms with van der Waals surface area (Å²) in [6.45, 7) is 8.35. The first kappa shape index (κ1) is 13.1. The molecular weight excluding hydrogens is 140 g/mol. The average molecular weight is 160 g/mol. The lowest BCUT2D eigenvalue weighted by atomic mass is 9.93. The highest BCUT2D eigenvalue weighted by atomic mass is 16.5. The molecule has 11 heavy (non-hydrogen) atoms. The van der Waals surface area contributed by atoms with Crippen LogP contribution in [0.4, 0.5) is 0 Å². The minimum absolute atomic E-state index is 0. The molecule has 0 heterocycles. The number of esters is 1. The smallest absolute Gasteiger partial charge is 0.306 e. The molecular formula is C9H20O2. The molecule has 2 nitrogen and oxygen atoms in total. The third-order valence-corrected chi connectivity index (χ3v) is 0.980. The van der Waals surface area contributed by atoms with Gasteiger partial charge in [-0.3, -0.25) is 4.79 Å². The fourth-order valence-electron chi connectivity index (χ4n) is 0.645. The zero-order chi connectivity index (χ0) is 8.20. The van der Waals surface area contributed by atoms with Gasteiger partial charge in [-0.2, -0.15) is 0 Å². The van der Waals surface area contributed by atoms with Gasteiger partial charge in [-0.25, -0.2) is 0 Å². The maximum Gasteiger partial charge on any atom is 0.306 e. The number of rotatable bonds is 2. The Morgan fingerprint density at radius 1 is 1.36 bits per heavy atom. The molecule has 0 aromatic heterocycles. The van der Waals surface area contributed by atoms with E-state index >= 15 is 0 Å². The largest absolute Gasteiger partial charge is 0.466 e. The van der Waals surface area contributed by atoms with Crippen LogP contribution in [0.3, 0.4) is 0 Å². The van der Waals surface area contributed by atoms with Crippen molar-refractivity contribution in [1.29, 1.82) is 0 Å². The fraction of sp³-hybridized carbons (Fsp3) is 0.889. The van der Waals surface area contributed by atoms with Crippen LogP contribution in [0.15, 0.2) is 0 Å². The number of ether oxygens (including phenoxy) is 1. The Bertz CT molecular complexity index is 111. The van der Waals surface area contributed by atoms with E-state index in [4.69, 9.17) is 4.74 Å². The van der Waals surface area contributed by atoms with Crippen LogP contribution >= 0.6 is 0 Å². The van der Waals surface area contributed by atoms with Gasteiger partial charge in [0.1, 0.15) is 0 Å². The SMILES string of the molecule is C.CCOC(=O)CC(C)(C)C. The van der Waals surface area contributed by atoms with Crippen molar-refractivity contribution in [3.8, 4) is 0 Å². The van der Waals surface area contributed by atoms with Crippen molar-refractivity contribution in [2.24, 2.45) is 5.41 Å². The van der Waals surface area contributed by atoms with Gasteiger partial charge in [-0.05, 0) is 12.3 Å². The predicted molar refractivity (Wildman–Crippen MR) is 47.4 cm³/mol. The summed E-state index contributed by atoms with van der Waals surface area (Å²) in [5, 5.41) is 0. The molecule has 0 spiro atoms. The average Bonchev–Trinajstić information content (AvgIpc) is 1.59. The molecule has 0 aromatic rings. The van der Waals surface area contributed by atoms with Gasteiger partial charge in [-0.15, -0.1) is 0 Å². The van der Waals surface area contributed by atoms with E-state index in [1.54, 1.807) is 0 Å². The van der Waals surface area contributed by atoms with Crippen LogP contribution < -0.4 is 0 Å². The normalized spacial score (nSPS) is 10.2. The summed E-state index contributed by atoms with van der Waals surface area (Å²) in [5.41, 5.74) is 0.0479. The highest BCUT2D eigenvalue weighted by molar-refractivity contribution is 5.70. The minimum atomic E-state index is -0.102. The lowest BCUT2D eigenvalue weighted by Crippen LogP contribution is -2.15.